The lowest BCUT2D eigenvalue weighted by Gasteiger charge is -2.15. The van der Waals surface area contributed by atoms with Gasteiger partial charge >= 0.3 is 6.18 Å². The van der Waals surface area contributed by atoms with Crippen molar-refractivity contribution in [3.05, 3.63) is 18.0 Å². The van der Waals surface area contributed by atoms with Crippen LogP contribution >= 0.6 is 10.7 Å². The quantitative estimate of drug-likeness (QED) is 0.858. The molecule has 0 saturated heterocycles. The zero-order valence-electron chi connectivity index (χ0n) is 10.5. The number of carbonyl (C=O) groups excluding carboxylic acids is 1. The summed E-state index contributed by atoms with van der Waals surface area (Å²) < 4.78 is 59.8. The predicted molar refractivity (Wildman–Crippen MR) is 66.1 cm³/mol. The maximum Gasteiger partial charge on any atom is 0.391 e. The van der Waals surface area contributed by atoms with Gasteiger partial charge in [0.25, 0.3) is 15.0 Å². The Morgan fingerprint density at radius 1 is 1.50 bits per heavy atom. The van der Waals surface area contributed by atoms with Crippen molar-refractivity contribution in [2.45, 2.75) is 30.5 Å². The van der Waals surface area contributed by atoms with E-state index in [4.69, 9.17) is 10.7 Å². The van der Waals surface area contributed by atoms with E-state index in [2.05, 4.69) is 5.32 Å². The largest absolute Gasteiger partial charge is 0.391 e. The molecule has 20 heavy (non-hydrogen) atoms. The molecule has 1 unspecified atom stereocenters. The van der Waals surface area contributed by atoms with Crippen LogP contribution in [0, 0.1) is 0 Å². The molecule has 0 aliphatic carbocycles. The first-order chi connectivity index (χ1) is 8.90. The Kier molecular flexibility index (Phi) is 4.75. The molecule has 0 spiro atoms. The zero-order valence-corrected chi connectivity index (χ0v) is 12.1. The Bertz CT molecular complexity index is 610. The number of hydrogen-bond donors (Lipinski definition) is 1. The average Bonchev–Trinajstić information content (AvgIpc) is 2.56. The van der Waals surface area contributed by atoms with Crippen LogP contribution in [0.25, 0.3) is 0 Å². The summed E-state index contributed by atoms with van der Waals surface area (Å²) in [7, 11) is 2.50. The number of nitrogens with one attached hydrogen (secondary N) is 1. The maximum atomic E-state index is 12.1. The molecule has 0 aliphatic rings. The van der Waals surface area contributed by atoms with Gasteiger partial charge in [-0.15, -0.1) is 0 Å². The number of nitrogens with zero attached hydrogens (tertiary/aromatic N) is 1. The number of carbonyl (C=O) groups is 1. The van der Waals surface area contributed by atoms with Crippen LogP contribution in [0.5, 0.6) is 0 Å². The van der Waals surface area contributed by atoms with Crippen molar-refractivity contribution in [1.82, 2.24) is 9.88 Å². The monoisotopic (exact) mass is 332 g/mol. The van der Waals surface area contributed by atoms with E-state index in [1.807, 2.05) is 0 Å². The highest BCUT2D eigenvalue weighted by Crippen LogP contribution is 2.22. The number of rotatable bonds is 4. The smallest absolute Gasteiger partial charge is 0.348 e. The summed E-state index contributed by atoms with van der Waals surface area (Å²) in [4.78, 5) is 11.5. The van der Waals surface area contributed by atoms with E-state index in [1.165, 1.54) is 18.5 Å². The van der Waals surface area contributed by atoms with Gasteiger partial charge in [0.15, 0.2) is 0 Å². The highest BCUT2D eigenvalue weighted by atomic mass is 35.7. The second-order valence-corrected chi connectivity index (χ2v) is 6.87. The molecule has 0 radical (unpaired) electrons. The number of amides is 1. The van der Waals surface area contributed by atoms with Gasteiger partial charge in [-0.25, -0.2) is 8.42 Å². The number of halogens is 4. The Balaban J connectivity index is 2.86. The van der Waals surface area contributed by atoms with Crippen LogP contribution in [0.1, 0.15) is 23.8 Å². The van der Waals surface area contributed by atoms with Crippen LogP contribution in [0.2, 0.25) is 0 Å². The summed E-state index contributed by atoms with van der Waals surface area (Å²) in [6.45, 7) is 1.20. The summed E-state index contributed by atoms with van der Waals surface area (Å²) in [6.07, 6.45) is -4.47. The lowest BCUT2D eigenvalue weighted by Crippen LogP contribution is -2.36. The number of aryl methyl sites for hydroxylation is 1. The van der Waals surface area contributed by atoms with Gasteiger partial charge in [0.05, 0.1) is 6.42 Å². The number of hydrogen-bond acceptors (Lipinski definition) is 3. The molecule has 0 bridgehead atoms. The average molecular weight is 333 g/mol. The van der Waals surface area contributed by atoms with Crippen molar-refractivity contribution in [3.63, 3.8) is 0 Å². The third-order valence-corrected chi connectivity index (χ3v) is 3.73. The van der Waals surface area contributed by atoms with Crippen molar-refractivity contribution >= 4 is 25.6 Å². The highest BCUT2D eigenvalue weighted by molar-refractivity contribution is 8.13. The molecule has 5 nitrogen and oxygen atoms in total. The lowest BCUT2D eigenvalue weighted by atomic mass is 10.2. The van der Waals surface area contributed by atoms with Crippen LogP contribution in [-0.4, -0.2) is 31.1 Å². The Morgan fingerprint density at radius 2 is 2.05 bits per heavy atom. The first-order valence-electron chi connectivity index (χ1n) is 5.39. The molecule has 0 saturated carbocycles. The van der Waals surface area contributed by atoms with E-state index in [1.54, 1.807) is 0 Å². The summed E-state index contributed by atoms with van der Waals surface area (Å²) in [6, 6.07) is -0.133. The van der Waals surface area contributed by atoms with Gasteiger partial charge in [-0.3, -0.25) is 4.79 Å². The molecule has 114 valence electrons. The topological polar surface area (TPSA) is 68.2 Å². The molecule has 1 atom stereocenters. The maximum absolute atomic E-state index is 12.1. The predicted octanol–water partition coefficient (Wildman–Crippen LogP) is 2.02. The van der Waals surface area contributed by atoms with Gasteiger partial charge in [-0.05, 0) is 13.0 Å². The van der Waals surface area contributed by atoms with Crippen LogP contribution in [0.3, 0.4) is 0 Å². The highest BCUT2D eigenvalue weighted by Gasteiger charge is 2.31. The molecule has 1 heterocycles. The standard InChI is InChI=1S/C10H12ClF3N2O3S/c1-6(4-10(12,13)14)15-9(17)8-3-7(5-16(8)2)20(11,18)19/h3,5-6H,4H2,1-2H3,(H,15,17). The van der Waals surface area contributed by atoms with Gasteiger partial charge in [0, 0.05) is 30.0 Å². The molecule has 1 aromatic heterocycles. The third kappa shape index (κ3) is 4.71. The van der Waals surface area contributed by atoms with E-state index >= 15 is 0 Å². The van der Waals surface area contributed by atoms with Crippen molar-refractivity contribution in [2.75, 3.05) is 0 Å². The van der Waals surface area contributed by atoms with E-state index in [0.717, 1.165) is 12.3 Å². The van der Waals surface area contributed by atoms with E-state index in [-0.39, 0.29) is 10.6 Å². The minimum Gasteiger partial charge on any atom is -0.348 e. The summed E-state index contributed by atoms with van der Waals surface area (Å²) in [5.41, 5.74) is -0.0988. The molecule has 0 fully saturated rings. The minimum atomic E-state index is -4.40. The van der Waals surface area contributed by atoms with E-state index < -0.39 is 33.6 Å². The van der Waals surface area contributed by atoms with Gasteiger partial charge in [0.1, 0.15) is 10.6 Å². The number of alkyl halides is 3. The van der Waals surface area contributed by atoms with E-state index in [0.29, 0.717) is 0 Å². The van der Waals surface area contributed by atoms with Crippen molar-refractivity contribution < 1.29 is 26.4 Å². The zero-order chi connectivity index (χ0) is 15.7. The molecule has 1 amide bonds. The molecule has 0 aliphatic heterocycles. The van der Waals surface area contributed by atoms with Crippen molar-refractivity contribution in [1.29, 1.82) is 0 Å². The van der Waals surface area contributed by atoms with E-state index in [9.17, 15) is 26.4 Å². The van der Waals surface area contributed by atoms with Crippen molar-refractivity contribution in [2.24, 2.45) is 7.05 Å². The van der Waals surface area contributed by atoms with Crippen molar-refractivity contribution in [3.8, 4) is 0 Å². The summed E-state index contributed by atoms with van der Waals surface area (Å²) >= 11 is 0. The van der Waals surface area contributed by atoms with Crippen LogP contribution < -0.4 is 5.32 Å². The number of aromatic nitrogens is 1. The van der Waals surface area contributed by atoms with Gasteiger partial charge < -0.3 is 9.88 Å². The molecule has 0 aromatic carbocycles. The lowest BCUT2D eigenvalue weighted by molar-refractivity contribution is -0.138. The van der Waals surface area contributed by atoms with Gasteiger partial charge in [0.2, 0.25) is 0 Å². The van der Waals surface area contributed by atoms with Gasteiger partial charge in [-0.1, -0.05) is 0 Å². The fourth-order valence-corrected chi connectivity index (χ4v) is 2.38. The first kappa shape index (κ1) is 16.8. The fourth-order valence-electron chi connectivity index (χ4n) is 1.59. The van der Waals surface area contributed by atoms with Crippen LogP contribution in [0.4, 0.5) is 13.2 Å². The normalized spacial score (nSPS) is 14.1. The summed E-state index contributed by atoms with van der Waals surface area (Å²) in [5, 5.41) is 2.14. The summed E-state index contributed by atoms with van der Waals surface area (Å²) in [5.74, 6) is -0.809. The third-order valence-electron chi connectivity index (χ3n) is 2.41. The van der Waals surface area contributed by atoms with Gasteiger partial charge in [-0.2, -0.15) is 13.2 Å². The Labute approximate surface area is 118 Å². The molecular weight excluding hydrogens is 321 g/mol. The molecular formula is C10H12ClF3N2O3S. The minimum absolute atomic E-state index is 0.0988. The molecule has 1 aromatic rings. The second kappa shape index (κ2) is 5.65. The van der Waals surface area contributed by atoms with Crippen LogP contribution in [0.15, 0.2) is 17.2 Å². The molecule has 10 heteroatoms. The molecule has 1 rings (SSSR count). The Morgan fingerprint density at radius 3 is 2.45 bits per heavy atom. The second-order valence-electron chi connectivity index (χ2n) is 4.30. The van der Waals surface area contributed by atoms with Crippen LogP contribution in [-0.2, 0) is 16.1 Å². The SMILES string of the molecule is CC(CC(F)(F)F)NC(=O)c1cc(S(=O)(=O)Cl)cn1C. The fraction of sp³-hybridized carbons (Fsp3) is 0.500. The Hall–Kier alpha value is -1.22. The first-order valence-corrected chi connectivity index (χ1v) is 7.70. The molecule has 1 N–H and O–H groups in total.